The second-order valence-corrected chi connectivity index (χ2v) is 7.61. The van der Waals surface area contributed by atoms with E-state index in [1.165, 1.54) is 0 Å². The third-order valence-electron chi connectivity index (χ3n) is 4.89. The number of nitrogens with zero attached hydrogens (tertiary/aromatic N) is 2. The van der Waals surface area contributed by atoms with Crippen LogP contribution in [0.25, 0.3) is 27.2 Å². The SMILES string of the molecule is Cc1cn2c3cc(Br)ccc3c3cc(OCc4cccnc4)cc(c1=O)c32. The topological polar surface area (TPSA) is 43.6 Å². The minimum atomic E-state index is 0.0428. The van der Waals surface area contributed by atoms with Crippen molar-refractivity contribution in [3.63, 3.8) is 0 Å². The second kappa shape index (κ2) is 6.06. The summed E-state index contributed by atoms with van der Waals surface area (Å²) in [5.74, 6) is 0.686. The number of hydrogen-bond donors (Lipinski definition) is 0. The van der Waals surface area contributed by atoms with E-state index in [-0.39, 0.29) is 5.43 Å². The summed E-state index contributed by atoms with van der Waals surface area (Å²) in [5.41, 5.74) is 3.75. The van der Waals surface area contributed by atoms with Crippen LogP contribution < -0.4 is 10.2 Å². The first-order valence-electron chi connectivity index (χ1n) is 8.64. The van der Waals surface area contributed by atoms with E-state index in [0.717, 1.165) is 31.8 Å². The lowest BCUT2D eigenvalue weighted by atomic mass is 10.1. The molecule has 5 aromatic rings. The van der Waals surface area contributed by atoms with E-state index in [9.17, 15) is 4.79 Å². The number of rotatable bonds is 3. The highest BCUT2D eigenvalue weighted by atomic mass is 79.9. The number of aryl methyl sites for hydroxylation is 1. The molecule has 27 heavy (non-hydrogen) atoms. The van der Waals surface area contributed by atoms with Gasteiger partial charge in [0.25, 0.3) is 0 Å². The molecule has 0 N–H and O–H groups in total. The molecule has 0 aliphatic carbocycles. The first-order chi connectivity index (χ1) is 13.1. The molecular formula is C22H15BrN2O2. The fraction of sp³-hybridized carbons (Fsp3) is 0.0909. The summed E-state index contributed by atoms with van der Waals surface area (Å²) >= 11 is 3.55. The Balaban J connectivity index is 1.76. The van der Waals surface area contributed by atoms with E-state index in [1.807, 2.05) is 43.5 Å². The zero-order chi connectivity index (χ0) is 18.5. The maximum Gasteiger partial charge on any atom is 0.192 e. The average molecular weight is 419 g/mol. The number of hydrogen-bond acceptors (Lipinski definition) is 3. The second-order valence-electron chi connectivity index (χ2n) is 6.69. The molecule has 132 valence electrons. The van der Waals surface area contributed by atoms with Crippen molar-refractivity contribution >= 4 is 43.1 Å². The van der Waals surface area contributed by atoms with Crippen LogP contribution in [0.2, 0.25) is 0 Å². The van der Waals surface area contributed by atoms with Gasteiger partial charge >= 0.3 is 0 Å². The van der Waals surface area contributed by atoms with E-state index in [2.05, 4.69) is 37.4 Å². The smallest absolute Gasteiger partial charge is 0.192 e. The monoisotopic (exact) mass is 418 g/mol. The molecule has 4 nitrogen and oxygen atoms in total. The van der Waals surface area contributed by atoms with Crippen LogP contribution in [0, 0.1) is 6.92 Å². The molecule has 3 heterocycles. The van der Waals surface area contributed by atoms with E-state index in [4.69, 9.17) is 4.74 Å². The van der Waals surface area contributed by atoms with Crippen molar-refractivity contribution in [2.75, 3.05) is 0 Å². The number of pyridine rings is 2. The minimum absolute atomic E-state index is 0.0428. The predicted octanol–water partition coefficient (Wildman–Crippen LogP) is 5.09. The molecule has 3 aromatic heterocycles. The minimum Gasteiger partial charge on any atom is -0.489 e. The van der Waals surface area contributed by atoms with Gasteiger partial charge in [-0.3, -0.25) is 9.78 Å². The molecular weight excluding hydrogens is 404 g/mol. The van der Waals surface area contributed by atoms with Gasteiger partial charge in [-0.1, -0.05) is 28.1 Å². The number of ether oxygens (including phenoxy) is 1. The van der Waals surface area contributed by atoms with Crippen LogP contribution in [0.4, 0.5) is 0 Å². The van der Waals surface area contributed by atoms with Crippen LogP contribution in [0.5, 0.6) is 5.75 Å². The number of fused-ring (bicyclic) bond motifs is 3. The Morgan fingerprint density at radius 3 is 2.78 bits per heavy atom. The maximum absolute atomic E-state index is 12.8. The third-order valence-corrected chi connectivity index (χ3v) is 5.38. The Morgan fingerprint density at radius 2 is 1.96 bits per heavy atom. The average Bonchev–Trinajstić information content (AvgIpc) is 2.98. The normalized spacial score (nSPS) is 11.6. The van der Waals surface area contributed by atoms with Gasteiger partial charge in [-0.25, -0.2) is 0 Å². The Kier molecular flexibility index (Phi) is 3.65. The summed E-state index contributed by atoms with van der Waals surface area (Å²) in [4.78, 5) is 16.9. The summed E-state index contributed by atoms with van der Waals surface area (Å²) in [6.45, 7) is 2.26. The fourth-order valence-corrected chi connectivity index (χ4v) is 3.98. The van der Waals surface area contributed by atoms with Gasteiger partial charge in [0.2, 0.25) is 0 Å². The summed E-state index contributed by atoms with van der Waals surface area (Å²) < 4.78 is 9.11. The van der Waals surface area contributed by atoms with Gasteiger partial charge in [0.05, 0.1) is 16.4 Å². The van der Waals surface area contributed by atoms with Gasteiger partial charge in [0.1, 0.15) is 12.4 Å². The molecule has 0 saturated heterocycles. The molecule has 0 radical (unpaired) electrons. The number of halogens is 1. The Labute approximate surface area is 163 Å². The van der Waals surface area contributed by atoms with Gasteiger partial charge in [0, 0.05) is 45.0 Å². The first kappa shape index (κ1) is 16.3. The predicted molar refractivity (Wildman–Crippen MR) is 111 cm³/mol. The highest BCUT2D eigenvalue weighted by Crippen LogP contribution is 2.35. The molecule has 0 unspecified atom stereocenters. The van der Waals surface area contributed by atoms with Crippen molar-refractivity contribution in [3.8, 4) is 5.75 Å². The fourth-order valence-electron chi connectivity index (χ4n) is 3.63. The van der Waals surface area contributed by atoms with E-state index >= 15 is 0 Å². The molecule has 2 aromatic carbocycles. The zero-order valence-corrected chi connectivity index (χ0v) is 16.2. The van der Waals surface area contributed by atoms with Crippen LogP contribution >= 0.6 is 15.9 Å². The van der Waals surface area contributed by atoms with Crippen molar-refractivity contribution in [1.29, 1.82) is 0 Å². The largest absolute Gasteiger partial charge is 0.489 e. The lowest BCUT2D eigenvalue weighted by molar-refractivity contribution is 0.306. The lowest BCUT2D eigenvalue weighted by Gasteiger charge is -2.09. The highest BCUT2D eigenvalue weighted by molar-refractivity contribution is 9.10. The van der Waals surface area contributed by atoms with Crippen LogP contribution in [-0.2, 0) is 6.61 Å². The maximum atomic E-state index is 12.8. The van der Waals surface area contributed by atoms with Crippen molar-refractivity contribution in [3.05, 3.63) is 86.9 Å². The molecule has 5 rings (SSSR count). The van der Waals surface area contributed by atoms with Crippen LogP contribution in [-0.4, -0.2) is 9.38 Å². The number of benzene rings is 2. The molecule has 5 heteroatoms. The molecule has 0 fully saturated rings. The Morgan fingerprint density at radius 1 is 1.11 bits per heavy atom. The van der Waals surface area contributed by atoms with Crippen LogP contribution in [0.3, 0.4) is 0 Å². The summed E-state index contributed by atoms with van der Waals surface area (Å²) in [6.07, 6.45) is 5.44. The Bertz CT molecular complexity index is 1360. The van der Waals surface area contributed by atoms with Crippen molar-refractivity contribution in [2.45, 2.75) is 13.5 Å². The van der Waals surface area contributed by atoms with E-state index in [0.29, 0.717) is 23.3 Å². The third kappa shape index (κ3) is 2.58. The van der Waals surface area contributed by atoms with Gasteiger partial charge in [-0.15, -0.1) is 0 Å². The van der Waals surface area contributed by atoms with Gasteiger partial charge < -0.3 is 9.14 Å². The van der Waals surface area contributed by atoms with Crippen molar-refractivity contribution in [2.24, 2.45) is 0 Å². The van der Waals surface area contributed by atoms with Gasteiger partial charge in [0.15, 0.2) is 5.43 Å². The standard InChI is InChI=1S/C22H15BrN2O2/c1-13-11-25-20-7-15(23)4-5-17(20)18-8-16(9-19(21(18)25)22(13)26)27-12-14-3-2-6-24-10-14/h2-11H,12H2,1H3. The lowest BCUT2D eigenvalue weighted by Crippen LogP contribution is -2.08. The van der Waals surface area contributed by atoms with Crippen LogP contribution in [0.15, 0.2) is 70.3 Å². The zero-order valence-electron chi connectivity index (χ0n) is 14.6. The van der Waals surface area contributed by atoms with Crippen molar-refractivity contribution in [1.82, 2.24) is 9.38 Å². The van der Waals surface area contributed by atoms with Crippen LogP contribution in [0.1, 0.15) is 11.1 Å². The Hall–Kier alpha value is -2.92. The summed E-state index contributed by atoms with van der Waals surface area (Å²) in [5, 5.41) is 2.80. The molecule has 0 bridgehead atoms. The molecule has 0 saturated carbocycles. The summed E-state index contributed by atoms with van der Waals surface area (Å²) in [7, 11) is 0. The first-order valence-corrected chi connectivity index (χ1v) is 9.43. The van der Waals surface area contributed by atoms with Gasteiger partial charge in [-0.05, 0) is 37.3 Å². The molecule has 0 aliphatic heterocycles. The van der Waals surface area contributed by atoms with E-state index < -0.39 is 0 Å². The highest BCUT2D eigenvalue weighted by Gasteiger charge is 2.16. The molecule has 0 amide bonds. The van der Waals surface area contributed by atoms with Gasteiger partial charge in [-0.2, -0.15) is 0 Å². The van der Waals surface area contributed by atoms with E-state index in [1.54, 1.807) is 12.4 Å². The summed E-state index contributed by atoms with van der Waals surface area (Å²) in [6, 6.07) is 13.9. The number of aromatic nitrogens is 2. The molecule has 0 aliphatic rings. The molecule has 0 atom stereocenters. The van der Waals surface area contributed by atoms with Crippen molar-refractivity contribution < 1.29 is 4.74 Å². The quantitative estimate of drug-likeness (QED) is 0.409. The molecule has 0 spiro atoms.